The first-order valence-electron chi connectivity index (χ1n) is 7.87. The van der Waals surface area contributed by atoms with Crippen LogP contribution in [0.4, 0.5) is 8.78 Å². The Balaban J connectivity index is 3.73. The van der Waals surface area contributed by atoms with E-state index >= 15 is 0 Å². The van der Waals surface area contributed by atoms with Gasteiger partial charge in [0.2, 0.25) is 0 Å². The first-order valence-corrected chi connectivity index (χ1v) is 8.25. The number of nitrogens with one attached hydrogen (secondary N) is 1. The van der Waals surface area contributed by atoms with E-state index in [4.69, 9.17) is 11.6 Å². The third kappa shape index (κ3) is 6.67. The van der Waals surface area contributed by atoms with Gasteiger partial charge in [0.15, 0.2) is 0 Å². The van der Waals surface area contributed by atoms with Crippen LogP contribution < -0.4 is 5.32 Å². The molecule has 0 saturated carbocycles. The Hall–Kier alpha value is -2.20. The number of allylic oxidation sites excluding steroid dienone is 8. The SMILES string of the molecule is C=C/C=C(\C=C/C)C(/C=C(C)C)=C(/NCC(F)F)c1ccncc1Cl. The molecule has 0 bridgehead atoms. The lowest BCUT2D eigenvalue weighted by atomic mass is 9.97. The van der Waals surface area contributed by atoms with Gasteiger partial charge in [0, 0.05) is 23.5 Å². The molecule has 5 heteroatoms. The fourth-order valence-corrected chi connectivity index (χ4v) is 2.44. The predicted molar refractivity (Wildman–Crippen MR) is 103 cm³/mol. The standard InChI is InChI=1S/C20H23ClF2N2/c1-5-7-15(8-6-2)17(11-14(3)4)20(25-13-19(22)23)16-9-10-24-12-18(16)21/h5-12,19,25H,1,13H2,2-4H3/b8-6-,15-7+,20-17+. The lowest BCUT2D eigenvalue weighted by Crippen LogP contribution is -2.21. The molecule has 0 spiro atoms. The maximum Gasteiger partial charge on any atom is 0.255 e. The summed E-state index contributed by atoms with van der Waals surface area (Å²) in [6.45, 7) is 9.04. The van der Waals surface area contributed by atoms with Gasteiger partial charge in [-0.15, -0.1) is 0 Å². The molecule has 1 N–H and O–H groups in total. The molecule has 0 unspecified atom stereocenters. The van der Waals surface area contributed by atoms with E-state index in [2.05, 4.69) is 16.9 Å². The highest BCUT2D eigenvalue weighted by atomic mass is 35.5. The Morgan fingerprint density at radius 3 is 2.64 bits per heavy atom. The van der Waals surface area contributed by atoms with Crippen molar-refractivity contribution < 1.29 is 8.78 Å². The van der Waals surface area contributed by atoms with E-state index in [1.807, 2.05) is 45.1 Å². The highest BCUT2D eigenvalue weighted by Gasteiger charge is 2.15. The quantitative estimate of drug-likeness (QED) is 0.576. The molecule has 0 aromatic carbocycles. The Morgan fingerprint density at radius 1 is 1.40 bits per heavy atom. The van der Waals surface area contributed by atoms with Crippen molar-refractivity contribution >= 4 is 17.3 Å². The summed E-state index contributed by atoms with van der Waals surface area (Å²) in [6, 6.07) is 1.70. The topological polar surface area (TPSA) is 24.9 Å². The second kappa shape index (κ2) is 10.6. The molecule has 0 aliphatic carbocycles. The number of halogens is 3. The van der Waals surface area contributed by atoms with Crippen molar-refractivity contribution in [2.24, 2.45) is 0 Å². The lowest BCUT2D eigenvalue weighted by Gasteiger charge is -2.18. The molecule has 0 aliphatic heterocycles. The van der Waals surface area contributed by atoms with Gasteiger partial charge in [-0.25, -0.2) is 8.78 Å². The first kappa shape index (κ1) is 20.8. The third-order valence-electron chi connectivity index (χ3n) is 3.13. The molecule has 0 amide bonds. The van der Waals surface area contributed by atoms with Crippen molar-refractivity contribution in [3.05, 3.63) is 82.7 Å². The molecule has 1 aromatic rings. The summed E-state index contributed by atoms with van der Waals surface area (Å²) >= 11 is 6.27. The highest BCUT2D eigenvalue weighted by molar-refractivity contribution is 6.32. The van der Waals surface area contributed by atoms with Gasteiger partial charge in [-0.2, -0.15) is 0 Å². The van der Waals surface area contributed by atoms with Crippen molar-refractivity contribution in [1.29, 1.82) is 0 Å². The van der Waals surface area contributed by atoms with Crippen LogP contribution in [-0.2, 0) is 0 Å². The van der Waals surface area contributed by atoms with Crippen molar-refractivity contribution in [1.82, 2.24) is 10.3 Å². The van der Waals surface area contributed by atoms with Crippen LogP contribution in [-0.4, -0.2) is 18.0 Å². The lowest BCUT2D eigenvalue weighted by molar-refractivity contribution is 0.151. The molecule has 2 nitrogen and oxygen atoms in total. The number of nitrogens with zero attached hydrogens (tertiary/aromatic N) is 1. The summed E-state index contributed by atoms with van der Waals surface area (Å²) in [5, 5.41) is 3.23. The summed E-state index contributed by atoms with van der Waals surface area (Å²) in [5.74, 6) is 0. The van der Waals surface area contributed by atoms with Crippen LogP contribution in [0.3, 0.4) is 0 Å². The van der Waals surface area contributed by atoms with E-state index in [9.17, 15) is 8.78 Å². The number of aromatic nitrogens is 1. The van der Waals surface area contributed by atoms with E-state index in [1.165, 1.54) is 6.20 Å². The highest BCUT2D eigenvalue weighted by Crippen LogP contribution is 2.29. The second-order valence-corrected chi connectivity index (χ2v) is 5.90. The monoisotopic (exact) mass is 364 g/mol. The largest absolute Gasteiger partial charge is 0.378 e. The Labute approximate surface area is 153 Å². The van der Waals surface area contributed by atoms with Crippen molar-refractivity contribution in [2.75, 3.05) is 6.54 Å². The summed E-state index contributed by atoms with van der Waals surface area (Å²) in [4.78, 5) is 3.97. The molecule has 134 valence electrons. The van der Waals surface area contributed by atoms with E-state index in [1.54, 1.807) is 18.3 Å². The number of pyridine rings is 1. The van der Waals surface area contributed by atoms with Gasteiger partial charge in [0.25, 0.3) is 6.43 Å². The zero-order chi connectivity index (χ0) is 18.8. The molecule has 0 saturated heterocycles. The van der Waals surface area contributed by atoms with Gasteiger partial charge in [-0.05, 0) is 32.4 Å². The molecule has 0 atom stereocenters. The minimum Gasteiger partial charge on any atom is -0.378 e. The van der Waals surface area contributed by atoms with E-state index < -0.39 is 13.0 Å². The van der Waals surface area contributed by atoms with Gasteiger partial charge in [0.1, 0.15) is 0 Å². The van der Waals surface area contributed by atoms with Crippen molar-refractivity contribution in [3.8, 4) is 0 Å². The van der Waals surface area contributed by atoms with Crippen LogP contribution in [0.2, 0.25) is 5.02 Å². The third-order valence-corrected chi connectivity index (χ3v) is 3.43. The molecule has 1 aromatic heterocycles. The number of hydrogen-bond donors (Lipinski definition) is 1. The zero-order valence-electron chi connectivity index (χ0n) is 14.7. The predicted octanol–water partition coefficient (Wildman–Crippen LogP) is 5.96. The molecule has 1 rings (SSSR count). The summed E-state index contributed by atoms with van der Waals surface area (Å²) in [6.07, 6.45) is 9.78. The molecule has 1 heterocycles. The molecular weight excluding hydrogens is 342 g/mol. The van der Waals surface area contributed by atoms with Gasteiger partial charge >= 0.3 is 0 Å². The minimum atomic E-state index is -2.49. The maximum atomic E-state index is 12.8. The summed E-state index contributed by atoms with van der Waals surface area (Å²) < 4.78 is 25.7. The second-order valence-electron chi connectivity index (χ2n) is 5.50. The Bertz CT molecular complexity index is 712. The van der Waals surface area contributed by atoms with Crippen LogP contribution >= 0.6 is 11.6 Å². The fourth-order valence-electron chi connectivity index (χ4n) is 2.22. The van der Waals surface area contributed by atoms with E-state index in [0.717, 1.165) is 16.7 Å². The average molecular weight is 365 g/mol. The minimum absolute atomic E-state index is 0.386. The van der Waals surface area contributed by atoms with Gasteiger partial charge in [-0.1, -0.05) is 54.1 Å². The molecule has 0 fully saturated rings. The Morgan fingerprint density at radius 2 is 2.12 bits per heavy atom. The van der Waals surface area contributed by atoms with E-state index in [-0.39, 0.29) is 0 Å². The van der Waals surface area contributed by atoms with Crippen molar-refractivity contribution in [3.63, 3.8) is 0 Å². The summed E-state index contributed by atoms with van der Waals surface area (Å²) in [7, 11) is 0. The van der Waals surface area contributed by atoms with Crippen LogP contribution in [0.15, 0.2) is 72.1 Å². The smallest absolute Gasteiger partial charge is 0.255 e. The fraction of sp³-hybridized carbons (Fsp3) is 0.250. The maximum absolute atomic E-state index is 12.8. The van der Waals surface area contributed by atoms with Crippen LogP contribution in [0.25, 0.3) is 5.70 Å². The number of hydrogen-bond acceptors (Lipinski definition) is 2. The van der Waals surface area contributed by atoms with Crippen LogP contribution in [0.5, 0.6) is 0 Å². The molecule has 25 heavy (non-hydrogen) atoms. The number of alkyl halides is 2. The van der Waals surface area contributed by atoms with Crippen LogP contribution in [0.1, 0.15) is 26.3 Å². The number of rotatable bonds is 8. The first-order chi connectivity index (χ1) is 11.9. The van der Waals surface area contributed by atoms with Crippen molar-refractivity contribution in [2.45, 2.75) is 27.2 Å². The molecule has 0 aliphatic rings. The average Bonchev–Trinajstić information content (AvgIpc) is 2.54. The zero-order valence-corrected chi connectivity index (χ0v) is 15.4. The van der Waals surface area contributed by atoms with Crippen LogP contribution in [0, 0.1) is 0 Å². The summed E-state index contributed by atoms with van der Waals surface area (Å²) in [5.41, 5.74) is 3.76. The van der Waals surface area contributed by atoms with Gasteiger partial charge < -0.3 is 5.32 Å². The van der Waals surface area contributed by atoms with Gasteiger partial charge in [0.05, 0.1) is 17.3 Å². The van der Waals surface area contributed by atoms with E-state index in [0.29, 0.717) is 16.3 Å². The van der Waals surface area contributed by atoms with Gasteiger partial charge in [-0.3, -0.25) is 4.98 Å². The normalized spacial score (nSPS) is 13.0. The Kier molecular flexibility index (Phi) is 8.86. The molecule has 0 radical (unpaired) electrons. The molecular formula is C20H23ClF2N2.